The molecular weight excluding hydrogens is 412 g/mol. The summed E-state index contributed by atoms with van der Waals surface area (Å²) in [6.07, 6.45) is 1.99. The van der Waals surface area contributed by atoms with Gasteiger partial charge in [-0.2, -0.15) is 0 Å². The molecule has 1 heterocycles. The van der Waals surface area contributed by atoms with Crippen molar-refractivity contribution in [3.05, 3.63) is 53.6 Å². The Morgan fingerprint density at radius 1 is 1.18 bits per heavy atom. The Bertz CT molecular complexity index is 959. The van der Waals surface area contributed by atoms with Crippen LogP contribution in [0.2, 0.25) is 5.02 Å². The predicted molar refractivity (Wildman–Crippen MR) is 118 cm³/mol. The first-order chi connectivity index (χ1) is 13.5. The van der Waals surface area contributed by atoms with Gasteiger partial charge in [-0.3, -0.25) is 4.79 Å². The van der Waals surface area contributed by atoms with Crippen molar-refractivity contribution in [2.75, 3.05) is 11.6 Å². The average molecular weight is 433 g/mol. The normalized spacial score (nSPS) is 12.0. The van der Waals surface area contributed by atoms with E-state index >= 15 is 0 Å². The van der Waals surface area contributed by atoms with E-state index in [0.717, 1.165) is 22.0 Å². The number of nitrogens with one attached hydrogen (secondary N) is 1. The van der Waals surface area contributed by atoms with E-state index in [1.54, 1.807) is 11.8 Å². The first-order valence-electron chi connectivity index (χ1n) is 8.83. The molecule has 0 saturated heterocycles. The summed E-state index contributed by atoms with van der Waals surface area (Å²) in [7, 11) is 0. The van der Waals surface area contributed by atoms with Gasteiger partial charge in [-0.1, -0.05) is 35.5 Å². The minimum absolute atomic E-state index is 0.0646. The molecule has 0 aliphatic carbocycles. The van der Waals surface area contributed by atoms with Crippen LogP contribution in [-0.2, 0) is 11.3 Å². The highest BCUT2D eigenvalue weighted by atomic mass is 35.5. The maximum absolute atomic E-state index is 12.7. The fraction of sp³-hybridized carbons (Fsp3) is 0.250. The number of rotatable bonds is 7. The topological polar surface area (TPSA) is 59.8 Å². The number of para-hydroxylation sites is 1. The molecule has 0 bridgehead atoms. The van der Waals surface area contributed by atoms with E-state index in [4.69, 9.17) is 11.6 Å². The molecule has 0 spiro atoms. The van der Waals surface area contributed by atoms with Crippen LogP contribution in [0.4, 0.5) is 5.69 Å². The first kappa shape index (κ1) is 20.8. The van der Waals surface area contributed by atoms with Crippen LogP contribution in [-0.4, -0.2) is 32.2 Å². The van der Waals surface area contributed by atoms with Crippen molar-refractivity contribution in [1.29, 1.82) is 0 Å². The summed E-state index contributed by atoms with van der Waals surface area (Å²) in [4.78, 5) is 13.7. The summed E-state index contributed by atoms with van der Waals surface area (Å²) >= 11 is 8.98. The zero-order valence-corrected chi connectivity index (χ0v) is 18.2. The van der Waals surface area contributed by atoms with Crippen LogP contribution in [0.15, 0.2) is 58.6 Å². The van der Waals surface area contributed by atoms with Gasteiger partial charge in [0.15, 0.2) is 11.0 Å². The van der Waals surface area contributed by atoms with Gasteiger partial charge >= 0.3 is 0 Å². The highest BCUT2D eigenvalue weighted by molar-refractivity contribution is 8.00. The number of hydrogen-bond donors (Lipinski definition) is 1. The molecule has 1 N–H and O–H groups in total. The zero-order chi connectivity index (χ0) is 20.1. The van der Waals surface area contributed by atoms with E-state index in [1.807, 2.05) is 73.2 Å². The molecule has 1 atom stereocenters. The minimum Gasteiger partial charge on any atom is -0.324 e. The molecule has 8 heteroatoms. The lowest BCUT2D eigenvalue weighted by molar-refractivity contribution is -0.115. The molecule has 3 aromatic rings. The number of aromatic nitrogens is 3. The monoisotopic (exact) mass is 432 g/mol. The molecule has 1 unspecified atom stereocenters. The third-order valence-electron chi connectivity index (χ3n) is 4.15. The van der Waals surface area contributed by atoms with Crippen molar-refractivity contribution in [3.63, 3.8) is 0 Å². The van der Waals surface area contributed by atoms with E-state index in [1.165, 1.54) is 11.8 Å². The maximum atomic E-state index is 12.7. The summed E-state index contributed by atoms with van der Waals surface area (Å²) in [5.74, 6) is 0.701. The van der Waals surface area contributed by atoms with Gasteiger partial charge in [0, 0.05) is 22.0 Å². The molecule has 0 aliphatic heterocycles. The number of nitrogens with zero attached hydrogens (tertiary/aromatic N) is 3. The minimum atomic E-state index is -0.317. The number of thioether (sulfide) groups is 2. The van der Waals surface area contributed by atoms with Crippen molar-refractivity contribution in [2.24, 2.45) is 0 Å². The van der Waals surface area contributed by atoms with Crippen LogP contribution in [0.1, 0.15) is 13.8 Å². The smallest absolute Gasteiger partial charge is 0.237 e. The number of carbonyl (C=O) groups is 1. The van der Waals surface area contributed by atoms with Gasteiger partial charge in [-0.15, -0.1) is 22.0 Å². The van der Waals surface area contributed by atoms with Gasteiger partial charge in [-0.05, 0) is 56.5 Å². The molecule has 1 amide bonds. The molecule has 1 aromatic heterocycles. The Kier molecular flexibility index (Phi) is 7.04. The number of carbonyl (C=O) groups excluding carboxylic acids is 1. The Labute approximate surface area is 178 Å². The second-order valence-electron chi connectivity index (χ2n) is 6.01. The fourth-order valence-corrected chi connectivity index (χ4v) is 4.26. The molecule has 28 heavy (non-hydrogen) atoms. The van der Waals surface area contributed by atoms with Crippen LogP contribution in [0.3, 0.4) is 0 Å². The number of amides is 1. The number of anilines is 1. The van der Waals surface area contributed by atoms with Crippen LogP contribution < -0.4 is 5.32 Å². The van der Waals surface area contributed by atoms with E-state index in [0.29, 0.717) is 16.7 Å². The second-order valence-corrected chi connectivity index (χ2v) is 8.60. The van der Waals surface area contributed by atoms with Crippen molar-refractivity contribution in [1.82, 2.24) is 14.8 Å². The van der Waals surface area contributed by atoms with Crippen molar-refractivity contribution >= 4 is 46.7 Å². The Morgan fingerprint density at radius 2 is 1.89 bits per heavy atom. The third-order valence-corrected chi connectivity index (χ3v) is 6.28. The molecule has 2 aromatic carbocycles. The van der Waals surface area contributed by atoms with Gasteiger partial charge < -0.3 is 9.88 Å². The molecule has 3 rings (SSSR count). The largest absolute Gasteiger partial charge is 0.324 e. The maximum Gasteiger partial charge on any atom is 0.237 e. The SMILES string of the molecule is CCn1c(SC(C)C(=O)Nc2ccccc2SC)nnc1-c1ccc(Cl)cc1. The molecular formula is C20H21ClN4OS2. The van der Waals surface area contributed by atoms with Crippen LogP contribution in [0.5, 0.6) is 0 Å². The predicted octanol–water partition coefficient (Wildman–Crippen LogP) is 5.46. The van der Waals surface area contributed by atoms with Crippen molar-refractivity contribution in [3.8, 4) is 11.4 Å². The van der Waals surface area contributed by atoms with Gasteiger partial charge in [0.1, 0.15) is 0 Å². The van der Waals surface area contributed by atoms with Gasteiger partial charge in [0.25, 0.3) is 0 Å². The van der Waals surface area contributed by atoms with E-state index in [9.17, 15) is 4.79 Å². The summed E-state index contributed by atoms with van der Waals surface area (Å²) in [6, 6.07) is 15.3. The molecule has 0 aliphatic rings. The number of halogens is 1. The highest BCUT2D eigenvalue weighted by Crippen LogP contribution is 2.29. The number of benzene rings is 2. The van der Waals surface area contributed by atoms with Crippen molar-refractivity contribution in [2.45, 2.75) is 35.7 Å². The Balaban J connectivity index is 1.75. The summed E-state index contributed by atoms with van der Waals surface area (Å²) in [5.41, 5.74) is 1.77. The summed E-state index contributed by atoms with van der Waals surface area (Å²) in [6.45, 7) is 4.61. The molecule has 146 valence electrons. The van der Waals surface area contributed by atoms with E-state index in [-0.39, 0.29) is 11.2 Å². The van der Waals surface area contributed by atoms with Gasteiger partial charge in [-0.25, -0.2) is 0 Å². The fourth-order valence-electron chi connectivity index (χ4n) is 2.67. The molecule has 0 saturated carbocycles. The summed E-state index contributed by atoms with van der Waals surface area (Å²) in [5, 5.41) is 12.7. The lowest BCUT2D eigenvalue weighted by Gasteiger charge is -2.14. The Hall–Kier alpha value is -1.96. The van der Waals surface area contributed by atoms with Gasteiger partial charge in [0.2, 0.25) is 5.91 Å². The van der Waals surface area contributed by atoms with Crippen LogP contribution in [0, 0.1) is 0 Å². The van der Waals surface area contributed by atoms with Gasteiger partial charge in [0.05, 0.1) is 10.9 Å². The molecule has 0 fully saturated rings. The number of hydrogen-bond acceptors (Lipinski definition) is 5. The quantitative estimate of drug-likeness (QED) is 0.502. The second kappa shape index (κ2) is 9.49. The van der Waals surface area contributed by atoms with E-state index < -0.39 is 0 Å². The molecule has 5 nitrogen and oxygen atoms in total. The highest BCUT2D eigenvalue weighted by Gasteiger charge is 2.21. The summed E-state index contributed by atoms with van der Waals surface area (Å²) < 4.78 is 2.01. The average Bonchev–Trinajstić information content (AvgIpc) is 3.11. The van der Waals surface area contributed by atoms with Crippen LogP contribution >= 0.6 is 35.1 Å². The van der Waals surface area contributed by atoms with E-state index in [2.05, 4.69) is 15.5 Å². The third kappa shape index (κ3) is 4.71. The molecule has 0 radical (unpaired) electrons. The van der Waals surface area contributed by atoms with Crippen LogP contribution in [0.25, 0.3) is 11.4 Å². The lowest BCUT2D eigenvalue weighted by atomic mass is 10.2. The van der Waals surface area contributed by atoms with Crippen molar-refractivity contribution < 1.29 is 4.79 Å². The standard InChI is InChI=1S/C20H21ClN4OS2/c1-4-25-18(14-9-11-15(21)12-10-14)23-24-20(25)28-13(2)19(26)22-16-7-5-6-8-17(16)27-3/h5-13H,4H2,1-3H3,(H,22,26). The zero-order valence-electron chi connectivity index (χ0n) is 15.8. The lowest BCUT2D eigenvalue weighted by Crippen LogP contribution is -2.23. The Morgan fingerprint density at radius 3 is 2.57 bits per heavy atom. The first-order valence-corrected chi connectivity index (χ1v) is 11.3.